The van der Waals surface area contributed by atoms with Crippen molar-refractivity contribution >= 4 is 22.9 Å². The molecule has 142 valence electrons. The van der Waals surface area contributed by atoms with Gasteiger partial charge in [-0.15, -0.1) is 24.5 Å². The lowest BCUT2D eigenvalue weighted by atomic mass is 10.0. The monoisotopic (exact) mass is 406 g/mol. The van der Waals surface area contributed by atoms with Crippen molar-refractivity contribution in [3.05, 3.63) is 45.1 Å². The molecule has 4 nitrogen and oxygen atoms in total. The third-order valence-corrected chi connectivity index (χ3v) is 5.39. The standard InChI is InChI=1S/C17H18ClF3N2O2S/c1-24-13-3-2-11(25-17(19,20)21)10-12(13)16(14-4-5-15(18)26-14)23-8-6-22-7-9-23/h2-5,10,16,22H,6-9H2,1H3/t16-/m0/s1. The van der Waals surface area contributed by atoms with Crippen molar-refractivity contribution in [2.24, 2.45) is 0 Å². The van der Waals surface area contributed by atoms with Crippen molar-refractivity contribution in [1.82, 2.24) is 10.2 Å². The zero-order chi connectivity index (χ0) is 18.7. The number of benzene rings is 1. The lowest BCUT2D eigenvalue weighted by Crippen LogP contribution is -2.45. The molecule has 1 aliphatic rings. The van der Waals surface area contributed by atoms with Crippen LogP contribution in [0.25, 0.3) is 0 Å². The van der Waals surface area contributed by atoms with Gasteiger partial charge in [0, 0.05) is 36.6 Å². The van der Waals surface area contributed by atoms with Gasteiger partial charge in [-0.25, -0.2) is 0 Å². The highest BCUT2D eigenvalue weighted by Crippen LogP contribution is 2.41. The topological polar surface area (TPSA) is 33.7 Å². The van der Waals surface area contributed by atoms with E-state index in [0.717, 1.165) is 31.1 Å². The Kier molecular flexibility index (Phi) is 5.96. The third-order valence-electron chi connectivity index (χ3n) is 4.11. The number of rotatable bonds is 5. The van der Waals surface area contributed by atoms with E-state index in [9.17, 15) is 13.2 Å². The third kappa shape index (κ3) is 4.62. The second-order valence-corrected chi connectivity index (χ2v) is 7.53. The van der Waals surface area contributed by atoms with Gasteiger partial charge < -0.3 is 14.8 Å². The number of hydrogen-bond donors (Lipinski definition) is 1. The molecule has 1 N–H and O–H groups in total. The summed E-state index contributed by atoms with van der Waals surface area (Å²) >= 11 is 7.51. The molecule has 26 heavy (non-hydrogen) atoms. The average molecular weight is 407 g/mol. The van der Waals surface area contributed by atoms with Gasteiger partial charge in [-0.3, -0.25) is 4.90 Å². The predicted octanol–water partition coefficient (Wildman–Crippen LogP) is 4.30. The minimum Gasteiger partial charge on any atom is -0.496 e. The van der Waals surface area contributed by atoms with Gasteiger partial charge in [0.1, 0.15) is 11.5 Å². The van der Waals surface area contributed by atoms with Gasteiger partial charge in [0.25, 0.3) is 0 Å². The van der Waals surface area contributed by atoms with Crippen LogP contribution in [-0.2, 0) is 0 Å². The van der Waals surface area contributed by atoms with E-state index in [1.54, 1.807) is 6.07 Å². The highest BCUT2D eigenvalue weighted by atomic mass is 35.5. The van der Waals surface area contributed by atoms with Gasteiger partial charge in [-0.1, -0.05) is 11.6 Å². The number of nitrogens with zero attached hydrogens (tertiary/aromatic N) is 1. The SMILES string of the molecule is COc1ccc(OC(F)(F)F)cc1[C@@H](c1ccc(Cl)s1)N1CCNCC1. The molecular weight excluding hydrogens is 389 g/mol. The maximum absolute atomic E-state index is 12.6. The van der Waals surface area contributed by atoms with E-state index in [0.29, 0.717) is 15.6 Å². The van der Waals surface area contributed by atoms with Crippen molar-refractivity contribution in [2.75, 3.05) is 33.3 Å². The van der Waals surface area contributed by atoms with Gasteiger partial charge in [0.05, 0.1) is 17.5 Å². The molecule has 1 fully saturated rings. The zero-order valence-electron chi connectivity index (χ0n) is 14.0. The van der Waals surface area contributed by atoms with Gasteiger partial charge in [-0.2, -0.15) is 0 Å². The number of methoxy groups -OCH3 is 1. The van der Waals surface area contributed by atoms with Crippen LogP contribution >= 0.6 is 22.9 Å². The summed E-state index contributed by atoms with van der Waals surface area (Å²) in [6, 6.07) is 7.58. The van der Waals surface area contributed by atoms with Gasteiger partial charge >= 0.3 is 6.36 Å². The number of ether oxygens (including phenoxy) is 2. The summed E-state index contributed by atoms with van der Waals surface area (Å²) in [6.45, 7) is 3.12. The van der Waals surface area contributed by atoms with Crippen molar-refractivity contribution in [3.63, 3.8) is 0 Å². The van der Waals surface area contributed by atoms with Gasteiger partial charge in [-0.05, 0) is 30.3 Å². The Hall–Kier alpha value is -1.48. The summed E-state index contributed by atoms with van der Waals surface area (Å²) in [4.78, 5) is 3.15. The molecule has 1 saturated heterocycles. The largest absolute Gasteiger partial charge is 0.573 e. The molecule has 1 aromatic carbocycles. The normalized spacial score (nSPS) is 17.1. The van der Waals surface area contributed by atoms with E-state index >= 15 is 0 Å². The molecule has 9 heteroatoms. The molecule has 2 aromatic rings. The second-order valence-electron chi connectivity index (χ2n) is 5.78. The Morgan fingerprint density at radius 2 is 1.92 bits per heavy atom. The van der Waals surface area contributed by atoms with Crippen LogP contribution in [0.5, 0.6) is 11.5 Å². The van der Waals surface area contributed by atoms with Crippen LogP contribution in [-0.4, -0.2) is 44.6 Å². The number of hydrogen-bond acceptors (Lipinski definition) is 5. The number of halogens is 4. The zero-order valence-corrected chi connectivity index (χ0v) is 15.5. The Balaban J connectivity index is 2.05. The summed E-state index contributed by atoms with van der Waals surface area (Å²) in [7, 11) is 1.50. The molecule has 2 heterocycles. The van der Waals surface area contributed by atoms with E-state index in [1.807, 2.05) is 6.07 Å². The molecule has 1 atom stereocenters. The first kappa shape index (κ1) is 19.3. The minimum atomic E-state index is -4.75. The lowest BCUT2D eigenvalue weighted by molar-refractivity contribution is -0.274. The first-order valence-corrected chi connectivity index (χ1v) is 9.20. The number of nitrogens with one attached hydrogen (secondary N) is 1. The Morgan fingerprint density at radius 1 is 1.19 bits per heavy atom. The summed E-state index contributed by atoms with van der Waals surface area (Å²) < 4.78 is 48.1. The molecule has 0 saturated carbocycles. The van der Waals surface area contributed by atoms with Crippen LogP contribution < -0.4 is 14.8 Å². The fraction of sp³-hybridized carbons (Fsp3) is 0.412. The molecule has 1 aliphatic heterocycles. The highest BCUT2D eigenvalue weighted by Gasteiger charge is 2.33. The summed E-state index contributed by atoms with van der Waals surface area (Å²) in [5.74, 6) is 0.240. The molecule has 0 amide bonds. The van der Waals surface area contributed by atoms with E-state index < -0.39 is 6.36 Å². The quantitative estimate of drug-likeness (QED) is 0.802. The van der Waals surface area contributed by atoms with Crippen LogP contribution in [0.15, 0.2) is 30.3 Å². The number of thiophene rings is 1. The molecule has 0 aliphatic carbocycles. The average Bonchev–Trinajstić information content (AvgIpc) is 3.01. The van der Waals surface area contributed by atoms with E-state index in [-0.39, 0.29) is 11.8 Å². The van der Waals surface area contributed by atoms with Crippen LogP contribution in [0.4, 0.5) is 13.2 Å². The summed E-state index contributed by atoms with van der Waals surface area (Å²) in [6.07, 6.45) is -4.75. The fourth-order valence-corrected chi connectivity index (χ4v) is 4.28. The predicted molar refractivity (Wildman–Crippen MR) is 95.3 cm³/mol. The van der Waals surface area contributed by atoms with Gasteiger partial charge in [0.15, 0.2) is 0 Å². The fourth-order valence-electron chi connectivity index (χ4n) is 3.07. The smallest absolute Gasteiger partial charge is 0.496 e. The summed E-state index contributed by atoms with van der Waals surface area (Å²) in [5.41, 5.74) is 0.620. The van der Waals surface area contributed by atoms with Crippen molar-refractivity contribution in [2.45, 2.75) is 12.4 Å². The first-order chi connectivity index (χ1) is 12.4. The second kappa shape index (κ2) is 8.04. The lowest BCUT2D eigenvalue weighted by Gasteiger charge is -2.35. The Labute approximate surface area is 158 Å². The van der Waals surface area contributed by atoms with Crippen molar-refractivity contribution in [1.29, 1.82) is 0 Å². The van der Waals surface area contributed by atoms with Crippen LogP contribution in [0.3, 0.4) is 0 Å². The minimum absolute atomic E-state index is 0.263. The van der Waals surface area contributed by atoms with Gasteiger partial charge in [0.2, 0.25) is 0 Å². The number of alkyl halides is 3. The van der Waals surface area contributed by atoms with Crippen molar-refractivity contribution in [3.8, 4) is 11.5 Å². The molecule has 0 unspecified atom stereocenters. The van der Waals surface area contributed by atoms with E-state index in [4.69, 9.17) is 16.3 Å². The highest BCUT2D eigenvalue weighted by molar-refractivity contribution is 7.16. The van der Waals surface area contributed by atoms with Crippen molar-refractivity contribution < 1.29 is 22.6 Å². The Morgan fingerprint density at radius 3 is 2.50 bits per heavy atom. The van der Waals surface area contributed by atoms with E-state index in [2.05, 4.69) is 15.0 Å². The molecule has 3 rings (SSSR count). The molecule has 1 aromatic heterocycles. The maximum Gasteiger partial charge on any atom is 0.573 e. The van der Waals surface area contributed by atoms with E-state index in [1.165, 1.54) is 36.6 Å². The van der Waals surface area contributed by atoms with Crippen LogP contribution in [0.2, 0.25) is 4.34 Å². The summed E-state index contributed by atoms with van der Waals surface area (Å²) in [5, 5.41) is 3.28. The Bertz CT molecular complexity index is 748. The first-order valence-electron chi connectivity index (χ1n) is 8.01. The molecule has 0 radical (unpaired) electrons. The maximum atomic E-state index is 12.6. The number of piperazine rings is 1. The molecule has 0 bridgehead atoms. The molecule has 0 spiro atoms. The van der Waals surface area contributed by atoms with Crippen LogP contribution in [0, 0.1) is 0 Å². The van der Waals surface area contributed by atoms with Crippen LogP contribution in [0.1, 0.15) is 16.5 Å². The molecular formula is C17H18ClF3N2O2S.